The van der Waals surface area contributed by atoms with Crippen molar-refractivity contribution in [2.24, 2.45) is 0 Å². The van der Waals surface area contributed by atoms with E-state index in [9.17, 15) is 32.4 Å². The second kappa shape index (κ2) is 12.2. The van der Waals surface area contributed by atoms with Crippen molar-refractivity contribution in [2.45, 2.75) is 94.5 Å². The number of hydrogen-bond acceptors (Lipinski definition) is 7. The van der Waals surface area contributed by atoms with Gasteiger partial charge >= 0.3 is 6.03 Å². The summed E-state index contributed by atoms with van der Waals surface area (Å²) in [6.07, 6.45) is 6.36. The molecule has 37 heavy (non-hydrogen) atoms. The van der Waals surface area contributed by atoms with Gasteiger partial charge < -0.3 is 26.2 Å². The van der Waals surface area contributed by atoms with Gasteiger partial charge in [-0.2, -0.15) is 0 Å². The molecule has 0 aromatic heterocycles. The Balaban J connectivity index is 1.49. The highest BCUT2D eigenvalue weighted by Gasteiger charge is 2.39. The fourth-order valence-corrected chi connectivity index (χ4v) is 6.29. The van der Waals surface area contributed by atoms with Crippen molar-refractivity contribution >= 4 is 39.4 Å². The molecule has 1 atom stereocenters. The number of rotatable bonds is 11. The van der Waals surface area contributed by atoms with Crippen LogP contribution in [0.3, 0.4) is 0 Å². The fourth-order valence-electron chi connectivity index (χ4n) is 4.83. The average molecular weight is 542 g/mol. The summed E-state index contributed by atoms with van der Waals surface area (Å²) >= 11 is 0. The summed E-state index contributed by atoms with van der Waals surface area (Å²) < 4.78 is 25.2. The van der Waals surface area contributed by atoms with E-state index >= 15 is 0 Å². The van der Waals surface area contributed by atoms with E-state index in [2.05, 4.69) is 21.3 Å². The Bertz CT molecular complexity index is 1000. The average Bonchev–Trinajstić information content (AvgIpc) is 3.51. The number of carbonyl (C=O) groups is 5. The lowest BCUT2D eigenvalue weighted by Crippen LogP contribution is -2.58. The molecule has 208 valence electrons. The van der Waals surface area contributed by atoms with Crippen LogP contribution < -0.4 is 21.3 Å². The van der Waals surface area contributed by atoms with Crippen LogP contribution in [0.4, 0.5) is 4.79 Å². The van der Waals surface area contributed by atoms with E-state index in [0.717, 1.165) is 32.1 Å². The first kappa shape index (κ1) is 28.9. The molecule has 0 aromatic rings. The van der Waals surface area contributed by atoms with Crippen molar-refractivity contribution in [3.63, 3.8) is 0 Å². The Morgan fingerprint density at radius 1 is 0.919 bits per heavy atom. The van der Waals surface area contributed by atoms with Crippen LogP contribution in [0.1, 0.15) is 71.6 Å². The molecule has 3 rings (SSSR count). The number of urea groups is 1. The molecular weight excluding hydrogens is 502 g/mol. The zero-order valence-corrected chi connectivity index (χ0v) is 22.5. The van der Waals surface area contributed by atoms with Gasteiger partial charge in [0, 0.05) is 12.6 Å². The van der Waals surface area contributed by atoms with Crippen LogP contribution >= 0.6 is 0 Å². The number of sulfone groups is 1. The molecule has 2 aliphatic carbocycles. The topological polar surface area (TPSA) is 171 Å². The first-order valence-corrected chi connectivity index (χ1v) is 14.8. The van der Waals surface area contributed by atoms with Gasteiger partial charge in [-0.05, 0) is 52.4 Å². The molecule has 5 amide bonds. The van der Waals surface area contributed by atoms with Crippen LogP contribution in [0.2, 0.25) is 0 Å². The van der Waals surface area contributed by atoms with Crippen LogP contribution in [0.25, 0.3) is 0 Å². The lowest BCUT2D eigenvalue weighted by molar-refractivity contribution is -0.140. The van der Waals surface area contributed by atoms with E-state index in [1.54, 1.807) is 13.8 Å². The standard InChI is InChI=1S/C24H39N5O7S/c1-16(2)37(35,36)15-24(10-4-3-5-11-24)28-23(34)26-14-20(31)29-12-6-7-18(29)21(32)25-13-19(30)22(33)27-17-8-9-17/h16-18H,3-15H2,1-2H3,(H,25,32)(H,27,33)(H2,26,28,34)/t18-/m0/s1. The maximum Gasteiger partial charge on any atom is 0.315 e. The number of carbonyl (C=O) groups excluding carboxylic acids is 5. The quantitative estimate of drug-likeness (QED) is 0.262. The van der Waals surface area contributed by atoms with Crippen LogP contribution in [0.5, 0.6) is 0 Å². The third kappa shape index (κ3) is 8.14. The minimum absolute atomic E-state index is 0.0346. The van der Waals surface area contributed by atoms with E-state index < -0.39 is 62.7 Å². The van der Waals surface area contributed by atoms with E-state index in [1.807, 2.05) is 0 Å². The second-order valence-corrected chi connectivity index (χ2v) is 13.2. The van der Waals surface area contributed by atoms with E-state index in [4.69, 9.17) is 0 Å². The summed E-state index contributed by atoms with van der Waals surface area (Å²) in [5, 5.41) is 9.80. The van der Waals surface area contributed by atoms with Gasteiger partial charge in [-0.3, -0.25) is 19.2 Å². The number of nitrogens with one attached hydrogen (secondary N) is 4. The summed E-state index contributed by atoms with van der Waals surface area (Å²) in [6.45, 7) is 2.76. The van der Waals surface area contributed by atoms with Crippen molar-refractivity contribution in [1.29, 1.82) is 0 Å². The monoisotopic (exact) mass is 541 g/mol. The number of amides is 5. The zero-order chi connectivity index (χ0) is 27.2. The van der Waals surface area contributed by atoms with Gasteiger partial charge in [0.05, 0.1) is 29.6 Å². The molecule has 0 radical (unpaired) electrons. The molecule has 0 aromatic carbocycles. The first-order valence-electron chi connectivity index (χ1n) is 13.1. The third-order valence-corrected chi connectivity index (χ3v) is 9.64. The Morgan fingerprint density at radius 3 is 2.22 bits per heavy atom. The molecule has 12 nitrogen and oxygen atoms in total. The van der Waals surface area contributed by atoms with Gasteiger partial charge in [0.25, 0.3) is 5.91 Å². The fraction of sp³-hybridized carbons (Fsp3) is 0.792. The summed E-state index contributed by atoms with van der Waals surface area (Å²) in [4.78, 5) is 63.2. The number of Topliss-reactive ketones (excluding diaryl/α,β-unsaturated/α-hetero) is 1. The van der Waals surface area contributed by atoms with Gasteiger partial charge in [-0.25, -0.2) is 13.2 Å². The Kier molecular flexibility index (Phi) is 9.54. The molecular formula is C24H39N5O7S. The third-order valence-electron chi connectivity index (χ3n) is 7.25. The normalized spacial score (nSPS) is 21.3. The van der Waals surface area contributed by atoms with Crippen LogP contribution in [-0.2, 0) is 29.0 Å². The SMILES string of the molecule is CC(C)S(=O)(=O)CC1(NC(=O)NCC(=O)N2CCC[C@H]2C(=O)NCC(=O)C(=O)NC2CC2)CCCCC1. The summed E-state index contributed by atoms with van der Waals surface area (Å²) in [6, 6.07) is -1.38. The summed E-state index contributed by atoms with van der Waals surface area (Å²) in [7, 11) is -3.39. The molecule has 4 N–H and O–H groups in total. The van der Waals surface area contributed by atoms with E-state index in [0.29, 0.717) is 32.2 Å². The highest BCUT2D eigenvalue weighted by Crippen LogP contribution is 2.30. The molecule has 0 bridgehead atoms. The molecule has 0 spiro atoms. The Hall–Kier alpha value is -2.70. The van der Waals surface area contributed by atoms with E-state index in [1.165, 1.54) is 4.90 Å². The van der Waals surface area contributed by atoms with Crippen molar-refractivity contribution in [3.8, 4) is 0 Å². The zero-order valence-electron chi connectivity index (χ0n) is 21.6. The number of nitrogens with zero attached hydrogens (tertiary/aromatic N) is 1. The molecule has 13 heteroatoms. The lowest BCUT2D eigenvalue weighted by Gasteiger charge is -2.38. The van der Waals surface area contributed by atoms with Gasteiger partial charge in [0.15, 0.2) is 9.84 Å². The molecule has 3 aliphatic rings. The predicted octanol–water partition coefficient (Wildman–Crippen LogP) is -0.233. The van der Waals surface area contributed by atoms with Crippen LogP contribution in [0.15, 0.2) is 0 Å². The Labute approximate surface area is 218 Å². The van der Waals surface area contributed by atoms with Gasteiger partial charge in [-0.1, -0.05) is 19.3 Å². The molecule has 2 saturated carbocycles. The highest BCUT2D eigenvalue weighted by molar-refractivity contribution is 7.92. The van der Waals surface area contributed by atoms with Crippen molar-refractivity contribution in [2.75, 3.05) is 25.4 Å². The number of ketones is 1. The number of hydrogen-bond donors (Lipinski definition) is 4. The molecule has 1 saturated heterocycles. The molecule has 0 unspecified atom stereocenters. The van der Waals surface area contributed by atoms with Crippen molar-refractivity contribution in [3.05, 3.63) is 0 Å². The number of likely N-dealkylation sites (tertiary alicyclic amines) is 1. The van der Waals surface area contributed by atoms with Crippen molar-refractivity contribution in [1.82, 2.24) is 26.2 Å². The van der Waals surface area contributed by atoms with Gasteiger partial charge in [-0.15, -0.1) is 0 Å². The molecule has 1 aliphatic heterocycles. The highest BCUT2D eigenvalue weighted by atomic mass is 32.2. The van der Waals surface area contributed by atoms with E-state index in [-0.39, 0.29) is 18.3 Å². The minimum Gasteiger partial charge on any atom is -0.347 e. The minimum atomic E-state index is -3.39. The molecule has 3 fully saturated rings. The second-order valence-electron chi connectivity index (χ2n) is 10.6. The lowest BCUT2D eigenvalue weighted by atomic mass is 9.83. The largest absolute Gasteiger partial charge is 0.347 e. The smallest absolute Gasteiger partial charge is 0.315 e. The maximum atomic E-state index is 12.8. The van der Waals surface area contributed by atoms with Gasteiger partial charge in [0.2, 0.25) is 17.6 Å². The Morgan fingerprint density at radius 2 is 1.59 bits per heavy atom. The summed E-state index contributed by atoms with van der Waals surface area (Å²) in [5.74, 6) is -2.61. The van der Waals surface area contributed by atoms with Crippen molar-refractivity contribution < 1.29 is 32.4 Å². The first-order chi connectivity index (χ1) is 17.4. The van der Waals surface area contributed by atoms with Crippen LogP contribution in [-0.4, -0.2) is 91.1 Å². The molecule has 1 heterocycles. The maximum absolute atomic E-state index is 12.8. The summed E-state index contributed by atoms with van der Waals surface area (Å²) in [5.41, 5.74) is -0.872. The van der Waals surface area contributed by atoms with Crippen LogP contribution in [0, 0.1) is 0 Å². The van der Waals surface area contributed by atoms with Gasteiger partial charge in [0.1, 0.15) is 6.04 Å². The predicted molar refractivity (Wildman–Crippen MR) is 135 cm³/mol.